The summed E-state index contributed by atoms with van der Waals surface area (Å²) in [5.41, 5.74) is 7.75. The monoisotopic (exact) mass is 430 g/mol. The highest BCUT2D eigenvalue weighted by Crippen LogP contribution is 2.33. The van der Waals surface area contributed by atoms with Crippen molar-refractivity contribution in [1.82, 2.24) is 0 Å². The van der Waals surface area contributed by atoms with Gasteiger partial charge < -0.3 is 0 Å². The molecule has 0 unspecified atom stereocenters. The van der Waals surface area contributed by atoms with Gasteiger partial charge in [0.2, 0.25) is 0 Å². The summed E-state index contributed by atoms with van der Waals surface area (Å²) < 4.78 is 0. The molecule has 0 heteroatoms. The maximum Gasteiger partial charge on any atom is -0.00201 e. The minimum atomic E-state index is 1.26. The van der Waals surface area contributed by atoms with E-state index in [0.29, 0.717) is 0 Å². The predicted molar refractivity (Wildman–Crippen MR) is 144 cm³/mol. The van der Waals surface area contributed by atoms with Gasteiger partial charge in [-0.25, -0.2) is 0 Å². The first-order chi connectivity index (χ1) is 16.9. The topological polar surface area (TPSA) is 0 Å². The summed E-state index contributed by atoms with van der Waals surface area (Å²) >= 11 is 0. The van der Waals surface area contributed by atoms with Crippen LogP contribution in [0.4, 0.5) is 0 Å². The molecule has 7 rings (SSSR count). The van der Waals surface area contributed by atoms with Crippen molar-refractivity contribution in [1.29, 1.82) is 0 Å². The van der Waals surface area contributed by atoms with E-state index in [2.05, 4.69) is 133 Å². The van der Waals surface area contributed by atoms with Crippen LogP contribution in [0.15, 0.2) is 127 Å². The minimum absolute atomic E-state index is 1.26. The third-order valence-electron chi connectivity index (χ3n) is 7.04. The molecule has 0 aromatic heterocycles. The lowest BCUT2D eigenvalue weighted by Gasteiger charge is -2.15. The molecule has 0 heterocycles. The molecule has 0 aliphatic heterocycles. The van der Waals surface area contributed by atoms with Gasteiger partial charge in [-0.05, 0) is 71.4 Å². The Balaban J connectivity index is 1.71. The third-order valence-corrected chi connectivity index (χ3v) is 7.04. The summed E-state index contributed by atoms with van der Waals surface area (Å²) in [6.45, 7) is 0. The maximum atomic E-state index is 2.36. The Bertz CT molecular complexity index is 1760. The van der Waals surface area contributed by atoms with Crippen molar-refractivity contribution in [3.8, 4) is 11.1 Å². The molecular formula is C34H22. The molecule has 0 saturated carbocycles. The second-order valence-corrected chi connectivity index (χ2v) is 8.93. The molecule has 1 aliphatic carbocycles. The SMILES string of the molecule is C1=c2c(cccc2=C(c2cccc3ccccc23)c2cccc3ccccc23)-c2ccccc21. The van der Waals surface area contributed by atoms with E-state index in [0.717, 1.165) is 0 Å². The van der Waals surface area contributed by atoms with Crippen molar-refractivity contribution < 1.29 is 0 Å². The average molecular weight is 431 g/mol. The fourth-order valence-corrected chi connectivity index (χ4v) is 5.52. The van der Waals surface area contributed by atoms with E-state index >= 15 is 0 Å². The van der Waals surface area contributed by atoms with Crippen LogP contribution in [-0.4, -0.2) is 0 Å². The van der Waals surface area contributed by atoms with Crippen LogP contribution in [0, 0.1) is 0 Å². The van der Waals surface area contributed by atoms with Crippen molar-refractivity contribution in [2.24, 2.45) is 0 Å². The zero-order valence-electron chi connectivity index (χ0n) is 18.7. The van der Waals surface area contributed by atoms with Gasteiger partial charge in [0, 0.05) is 0 Å². The Kier molecular flexibility index (Phi) is 4.25. The first-order valence-electron chi connectivity index (χ1n) is 11.8. The molecule has 1 aliphatic rings. The Hall–Kier alpha value is -4.42. The molecule has 0 N–H and O–H groups in total. The van der Waals surface area contributed by atoms with Crippen molar-refractivity contribution in [2.75, 3.05) is 0 Å². The molecule has 6 aromatic carbocycles. The molecule has 0 radical (unpaired) electrons. The van der Waals surface area contributed by atoms with E-state index in [4.69, 9.17) is 0 Å². The van der Waals surface area contributed by atoms with Gasteiger partial charge in [0.1, 0.15) is 0 Å². The highest BCUT2D eigenvalue weighted by Gasteiger charge is 2.17. The molecule has 158 valence electrons. The lowest BCUT2D eigenvalue weighted by molar-refractivity contribution is 1.48. The Morgan fingerprint density at radius 2 is 0.941 bits per heavy atom. The molecule has 0 amide bonds. The number of benzene rings is 6. The number of hydrogen-bond donors (Lipinski definition) is 0. The molecule has 0 atom stereocenters. The fraction of sp³-hybridized carbons (Fsp3) is 0. The molecule has 0 nitrogen and oxygen atoms in total. The van der Waals surface area contributed by atoms with E-state index in [1.165, 1.54) is 65.4 Å². The highest BCUT2D eigenvalue weighted by atomic mass is 14.2. The lowest BCUT2D eigenvalue weighted by Crippen LogP contribution is -2.28. The van der Waals surface area contributed by atoms with Crippen LogP contribution in [0.1, 0.15) is 16.7 Å². The zero-order chi connectivity index (χ0) is 22.5. The molecule has 0 saturated heterocycles. The summed E-state index contributed by atoms with van der Waals surface area (Å²) in [6, 6.07) is 46.2. The fourth-order valence-electron chi connectivity index (χ4n) is 5.52. The van der Waals surface area contributed by atoms with E-state index in [-0.39, 0.29) is 0 Å². The molecule has 6 aromatic rings. The van der Waals surface area contributed by atoms with Crippen LogP contribution in [0.2, 0.25) is 0 Å². The Morgan fingerprint density at radius 3 is 1.65 bits per heavy atom. The Labute approximate surface area is 198 Å². The van der Waals surface area contributed by atoms with Gasteiger partial charge in [-0.3, -0.25) is 0 Å². The van der Waals surface area contributed by atoms with Crippen molar-refractivity contribution in [3.05, 3.63) is 155 Å². The first-order valence-corrected chi connectivity index (χ1v) is 11.8. The number of rotatable bonds is 2. The largest absolute Gasteiger partial charge is 0.0616 e. The van der Waals surface area contributed by atoms with Gasteiger partial charge in [-0.1, -0.05) is 127 Å². The number of hydrogen-bond acceptors (Lipinski definition) is 0. The van der Waals surface area contributed by atoms with Crippen molar-refractivity contribution in [3.63, 3.8) is 0 Å². The number of fused-ring (bicyclic) bond motifs is 5. The molecule has 34 heavy (non-hydrogen) atoms. The van der Waals surface area contributed by atoms with Crippen molar-refractivity contribution in [2.45, 2.75) is 0 Å². The summed E-state index contributed by atoms with van der Waals surface area (Å²) in [5.74, 6) is 0. The zero-order valence-corrected chi connectivity index (χ0v) is 18.7. The van der Waals surface area contributed by atoms with E-state index in [1.807, 2.05) is 0 Å². The summed E-state index contributed by atoms with van der Waals surface area (Å²) in [4.78, 5) is 0. The standard InChI is InChI=1S/C34H22/c1-4-15-26-23(10-1)13-7-19-30(26)34(31-20-8-14-24-11-2-5-16-27(24)31)32-21-9-18-29-28-17-6-3-12-25(28)22-33(29)32/h1-22H. The van der Waals surface area contributed by atoms with Crippen LogP contribution in [0.25, 0.3) is 44.3 Å². The first kappa shape index (κ1) is 19.1. The molecule has 0 fully saturated rings. The highest BCUT2D eigenvalue weighted by molar-refractivity contribution is 6.04. The maximum absolute atomic E-state index is 2.36. The normalized spacial score (nSPS) is 11.8. The van der Waals surface area contributed by atoms with Gasteiger partial charge in [0.05, 0.1) is 0 Å². The molecular weight excluding hydrogens is 408 g/mol. The summed E-state index contributed by atoms with van der Waals surface area (Å²) in [6.07, 6.45) is 2.36. The van der Waals surface area contributed by atoms with Crippen LogP contribution >= 0.6 is 0 Å². The van der Waals surface area contributed by atoms with Crippen molar-refractivity contribution >= 4 is 33.2 Å². The van der Waals surface area contributed by atoms with E-state index in [9.17, 15) is 0 Å². The average Bonchev–Trinajstić information content (AvgIpc) is 3.29. The van der Waals surface area contributed by atoms with E-state index < -0.39 is 0 Å². The second-order valence-electron chi connectivity index (χ2n) is 8.93. The summed E-state index contributed by atoms with van der Waals surface area (Å²) in [5, 5.41) is 7.67. The lowest BCUT2D eigenvalue weighted by atomic mass is 9.88. The van der Waals surface area contributed by atoms with Crippen LogP contribution in [0.5, 0.6) is 0 Å². The molecule has 0 bridgehead atoms. The quantitative estimate of drug-likeness (QED) is 0.276. The van der Waals surface area contributed by atoms with Crippen LogP contribution in [-0.2, 0) is 0 Å². The smallest absolute Gasteiger partial charge is 0.00201 e. The van der Waals surface area contributed by atoms with E-state index in [1.54, 1.807) is 0 Å². The van der Waals surface area contributed by atoms with Gasteiger partial charge in [-0.2, -0.15) is 0 Å². The van der Waals surface area contributed by atoms with Gasteiger partial charge in [-0.15, -0.1) is 0 Å². The van der Waals surface area contributed by atoms with Crippen LogP contribution < -0.4 is 10.4 Å². The van der Waals surface area contributed by atoms with Gasteiger partial charge in [0.15, 0.2) is 0 Å². The Morgan fingerprint density at radius 1 is 0.412 bits per heavy atom. The van der Waals surface area contributed by atoms with Crippen LogP contribution in [0.3, 0.4) is 0 Å². The second kappa shape index (κ2) is 7.57. The third kappa shape index (κ3) is 2.86. The summed E-state index contributed by atoms with van der Waals surface area (Å²) in [7, 11) is 0. The molecule has 0 spiro atoms. The predicted octanol–water partition coefficient (Wildman–Crippen LogP) is 7.05. The van der Waals surface area contributed by atoms with Gasteiger partial charge >= 0.3 is 0 Å². The van der Waals surface area contributed by atoms with Gasteiger partial charge in [0.25, 0.3) is 0 Å². The minimum Gasteiger partial charge on any atom is -0.0616 e.